The second kappa shape index (κ2) is 6.46. The maximum Gasteiger partial charge on any atom is 0.268 e. The molecular weight excluding hydrogens is 320 g/mol. The van der Waals surface area contributed by atoms with Crippen molar-refractivity contribution in [2.45, 2.75) is 19.0 Å². The summed E-state index contributed by atoms with van der Waals surface area (Å²) in [4.78, 5) is 8.55. The molecule has 0 amide bonds. The van der Waals surface area contributed by atoms with Crippen LogP contribution < -0.4 is 0 Å². The van der Waals surface area contributed by atoms with Crippen molar-refractivity contribution in [2.75, 3.05) is 5.75 Å². The van der Waals surface area contributed by atoms with E-state index in [0.29, 0.717) is 27.7 Å². The smallest absolute Gasteiger partial charge is 0.268 e. The molecule has 7 heteroatoms. The summed E-state index contributed by atoms with van der Waals surface area (Å²) in [7, 11) is 0. The number of benzene rings is 1. The van der Waals surface area contributed by atoms with E-state index in [-0.39, 0.29) is 0 Å². The second-order valence-electron chi connectivity index (χ2n) is 4.51. The van der Waals surface area contributed by atoms with E-state index in [9.17, 15) is 0 Å². The Morgan fingerprint density at radius 2 is 1.95 bits per heavy atom. The molecule has 0 atom stereocenters. The van der Waals surface area contributed by atoms with Crippen molar-refractivity contribution in [3.8, 4) is 23.0 Å². The molecule has 2 aromatic heterocycles. The van der Waals surface area contributed by atoms with Gasteiger partial charge in [0.05, 0.1) is 11.2 Å². The number of aromatic nitrogens is 4. The third-order valence-electron chi connectivity index (χ3n) is 3.00. The van der Waals surface area contributed by atoms with Crippen LogP contribution in [-0.4, -0.2) is 25.9 Å². The maximum absolute atomic E-state index is 6.16. The fraction of sp³-hybridized carbons (Fsp3) is 0.200. The Labute approximate surface area is 137 Å². The first-order valence-corrected chi connectivity index (χ1v) is 8.10. The molecule has 112 valence electrons. The topological polar surface area (TPSA) is 64.7 Å². The molecule has 0 spiro atoms. The summed E-state index contributed by atoms with van der Waals surface area (Å²) < 4.78 is 5.74. The van der Waals surface area contributed by atoms with Gasteiger partial charge >= 0.3 is 0 Å². The highest BCUT2D eigenvalue weighted by molar-refractivity contribution is 7.99. The number of halogens is 1. The summed E-state index contributed by atoms with van der Waals surface area (Å²) in [5.41, 5.74) is 2.42. The van der Waals surface area contributed by atoms with E-state index in [1.165, 1.54) is 11.8 Å². The Bertz CT molecular complexity index is 806. The fourth-order valence-electron chi connectivity index (χ4n) is 1.94. The molecule has 3 rings (SSSR count). The lowest BCUT2D eigenvalue weighted by Gasteiger charge is -2.01. The molecule has 0 aliphatic rings. The van der Waals surface area contributed by atoms with E-state index in [1.807, 2.05) is 38.1 Å². The molecule has 2 heterocycles. The largest absolute Gasteiger partial charge is 0.415 e. The van der Waals surface area contributed by atoms with Gasteiger partial charge in [-0.3, -0.25) is 0 Å². The Balaban J connectivity index is 2.01. The van der Waals surface area contributed by atoms with Gasteiger partial charge in [-0.2, -0.15) is 0 Å². The first-order chi connectivity index (χ1) is 10.7. The summed E-state index contributed by atoms with van der Waals surface area (Å²) in [6, 6.07) is 7.82. The van der Waals surface area contributed by atoms with Crippen LogP contribution >= 0.6 is 23.4 Å². The number of rotatable bonds is 4. The molecule has 0 aliphatic heterocycles. The highest BCUT2D eigenvalue weighted by atomic mass is 35.5. The molecule has 0 radical (unpaired) electrons. The van der Waals surface area contributed by atoms with Crippen molar-refractivity contribution >= 4 is 23.4 Å². The lowest BCUT2D eigenvalue weighted by molar-refractivity contribution is 0.580. The normalized spacial score (nSPS) is 10.9. The zero-order valence-corrected chi connectivity index (χ0v) is 13.6. The van der Waals surface area contributed by atoms with Crippen LogP contribution in [0.2, 0.25) is 5.02 Å². The van der Waals surface area contributed by atoms with Gasteiger partial charge in [0.25, 0.3) is 5.89 Å². The number of thioether (sulfide) groups is 1. The van der Waals surface area contributed by atoms with E-state index in [1.54, 1.807) is 6.20 Å². The minimum atomic E-state index is 0.295. The van der Waals surface area contributed by atoms with Crippen LogP contribution in [0.5, 0.6) is 0 Å². The predicted octanol–water partition coefficient (Wildman–Crippen LogP) is 4.27. The summed E-state index contributed by atoms with van der Waals surface area (Å²) in [6.07, 6.45) is 1.56. The fourth-order valence-corrected chi connectivity index (χ4v) is 2.65. The molecule has 0 fully saturated rings. The van der Waals surface area contributed by atoms with Gasteiger partial charge in [0, 0.05) is 5.56 Å². The zero-order valence-electron chi connectivity index (χ0n) is 12.1. The number of hydrogen-bond acceptors (Lipinski definition) is 6. The average Bonchev–Trinajstić information content (AvgIpc) is 2.99. The number of hydrogen-bond donors (Lipinski definition) is 0. The van der Waals surface area contributed by atoms with Crippen LogP contribution in [0.25, 0.3) is 23.0 Å². The Kier molecular flexibility index (Phi) is 4.40. The third-order valence-corrected chi connectivity index (χ3v) is 4.02. The van der Waals surface area contributed by atoms with Crippen LogP contribution in [0.15, 0.2) is 40.0 Å². The van der Waals surface area contributed by atoms with Crippen molar-refractivity contribution < 1.29 is 4.42 Å². The lowest BCUT2D eigenvalue weighted by Crippen LogP contribution is -1.92. The average molecular weight is 333 g/mol. The van der Waals surface area contributed by atoms with E-state index >= 15 is 0 Å². The molecule has 0 saturated carbocycles. The van der Waals surface area contributed by atoms with Crippen LogP contribution in [0, 0.1) is 6.92 Å². The Hall–Kier alpha value is -1.92. The summed E-state index contributed by atoms with van der Waals surface area (Å²) in [5, 5.41) is 9.19. The minimum absolute atomic E-state index is 0.295. The maximum atomic E-state index is 6.16. The number of aryl methyl sites for hydroxylation is 1. The molecule has 0 aliphatic carbocycles. The van der Waals surface area contributed by atoms with Gasteiger partial charge in [0.2, 0.25) is 5.89 Å². The SMILES string of the molecule is CCSc1ncc(Cl)c(-c2nnc(-c3ccccc3C)o2)n1. The standard InChI is InChI=1S/C15H13ClN4OS/c1-3-22-15-17-8-11(16)12(18-15)14-20-19-13(21-14)10-7-5-4-6-9(10)2/h4-8H,3H2,1-2H3. The van der Waals surface area contributed by atoms with Gasteiger partial charge in [-0.25, -0.2) is 9.97 Å². The summed E-state index contributed by atoms with van der Waals surface area (Å²) in [5.74, 6) is 1.62. The van der Waals surface area contributed by atoms with Crippen LogP contribution in [0.3, 0.4) is 0 Å². The van der Waals surface area contributed by atoms with Crippen LogP contribution in [0.1, 0.15) is 12.5 Å². The van der Waals surface area contributed by atoms with E-state index in [4.69, 9.17) is 16.0 Å². The molecular formula is C15H13ClN4OS. The quantitative estimate of drug-likeness (QED) is 0.525. The molecule has 5 nitrogen and oxygen atoms in total. The first kappa shape index (κ1) is 15.0. The highest BCUT2D eigenvalue weighted by Crippen LogP contribution is 2.29. The van der Waals surface area contributed by atoms with Gasteiger partial charge in [-0.1, -0.05) is 48.5 Å². The van der Waals surface area contributed by atoms with Gasteiger partial charge < -0.3 is 4.42 Å². The van der Waals surface area contributed by atoms with Gasteiger partial charge in [-0.05, 0) is 24.3 Å². The molecule has 1 aromatic carbocycles. The monoisotopic (exact) mass is 332 g/mol. The van der Waals surface area contributed by atoms with Crippen LogP contribution in [0.4, 0.5) is 0 Å². The molecule has 0 unspecified atom stereocenters. The van der Waals surface area contributed by atoms with E-state index in [0.717, 1.165) is 16.9 Å². The molecule has 22 heavy (non-hydrogen) atoms. The van der Waals surface area contributed by atoms with Crippen LogP contribution in [-0.2, 0) is 0 Å². The van der Waals surface area contributed by atoms with E-state index in [2.05, 4.69) is 20.2 Å². The summed E-state index contributed by atoms with van der Waals surface area (Å²) >= 11 is 7.68. The van der Waals surface area contributed by atoms with Crippen molar-refractivity contribution in [3.05, 3.63) is 41.0 Å². The lowest BCUT2D eigenvalue weighted by atomic mass is 10.1. The zero-order chi connectivity index (χ0) is 15.5. The van der Waals surface area contributed by atoms with Gasteiger partial charge in [0.15, 0.2) is 10.9 Å². The minimum Gasteiger partial charge on any atom is -0.415 e. The molecule has 3 aromatic rings. The second-order valence-corrected chi connectivity index (χ2v) is 6.15. The Morgan fingerprint density at radius 3 is 2.73 bits per heavy atom. The molecule has 0 saturated heterocycles. The predicted molar refractivity (Wildman–Crippen MR) is 86.9 cm³/mol. The van der Waals surface area contributed by atoms with Crippen molar-refractivity contribution in [1.82, 2.24) is 20.2 Å². The van der Waals surface area contributed by atoms with Crippen molar-refractivity contribution in [1.29, 1.82) is 0 Å². The van der Waals surface area contributed by atoms with E-state index < -0.39 is 0 Å². The molecule has 0 N–H and O–H groups in total. The van der Waals surface area contributed by atoms with Gasteiger partial charge in [-0.15, -0.1) is 10.2 Å². The summed E-state index contributed by atoms with van der Waals surface area (Å²) in [6.45, 7) is 4.03. The van der Waals surface area contributed by atoms with Crippen molar-refractivity contribution in [3.63, 3.8) is 0 Å². The van der Waals surface area contributed by atoms with Crippen molar-refractivity contribution in [2.24, 2.45) is 0 Å². The Morgan fingerprint density at radius 1 is 1.18 bits per heavy atom. The highest BCUT2D eigenvalue weighted by Gasteiger charge is 2.17. The number of nitrogens with zero attached hydrogens (tertiary/aromatic N) is 4. The van der Waals surface area contributed by atoms with Gasteiger partial charge in [0.1, 0.15) is 0 Å². The first-order valence-electron chi connectivity index (χ1n) is 6.74. The third kappa shape index (κ3) is 2.98. The molecule has 0 bridgehead atoms.